The quantitative estimate of drug-likeness (QED) is 0.763. The summed E-state index contributed by atoms with van der Waals surface area (Å²) in [6.07, 6.45) is 0. The van der Waals surface area contributed by atoms with Gasteiger partial charge >= 0.3 is 5.97 Å². The maximum Gasteiger partial charge on any atom is 0.338 e. The van der Waals surface area contributed by atoms with Gasteiger partial charge in [0.1, 0.15) is 0 Å². The number of aryl methyl sites for hydroxylation is 3. The second kappa shape index (κ2) is 8.46. The Morgan fingerprint density at radius 2 is 1.64 bits per heavy atom. The number of anilines is 1. The van der Waals surface area contributed by atoms with Gasteiger partial charge in [-0.3, -0.25) is 4.79 Å². The van der Waals surface area contributed by atoms with Crippen LogP contribution in [-0.4, -0.2) is 49.6 Å². The van der Waals surface area contributed by atoms with Gasteiger partial charge in [0.05, 0.1) is 5.56 Å². The summed E-state index contributed by atoms with van der Waals surface area (Å²) in [5.41, 5.74) is 6.25. The Hall–Kier alpha value is -2.82. The lowest BCUT2D eigenvalue weighted by atomic mass is 10.1. The van der Waals surface area contributed by atoms with Gasteiger partial charge in [0.25, 0.3) is 5.91 Å². The highest BCUT2D eigenvalue weighted by atomic mass is 16.5. The molecule has 5 nitrogen and oxygen atoms in total. The topological polar surface area (TPSA) is 49.9 Å². The molecule has 1 aliphatic rings. The third kappa shape index (κ3) is 4.35. The average Bonchev–Trinajstić information content (AvgIpc) is 2.68. The molecule has 0 N–H and O–H groups in total. The molecule has 0 saturated carbocycles. The van der Waals surface area contributed by atoms with E-state index in [4.69, 9.17) is 4.74 Å². The highest BCUT2D eigenvalue weighted by Gasteiger charge is 2.23. The number of carbonyl (C=O) groups excluding carboxylic acids is 2. The molecule has 3 rings (SSSR count). The van der Waals surface area contributed by atoms with E-state index in [9.17, 15) is 9.59 Å². The van der Waals surface area contributed by atoms with Gasteiger partial charge < -0.3 is 14.5 Å². The number of nitrogens with zero attached hydrogens (tertiary/aromatic N) is 2. The zero-order chi connectivity index (χ0) is 20.3. The Labute approximate surface area is 166 Å². The Morgan fingerprint density at radius 3 is 2.32 bits per heavy atom. The van der Waals surface area contributed by atoms with Gasteiger partial charge in [-0.1, -0.05) is 29.8 Å². The van der Waals surface area contributed by atoms with Gasteiger partial charge in [0.2, 0.25) is 0 Å². The first-order chi connectivity index (χ1) is 13.4. The van der Waals surface area contributed by atoms with E-state index in [0.29, 0.717) is 18.7 Å². The summed E-state index contributed by atoms with van der Waals surface area (Å²) in [5, 5.41) is 0. The number of carbonyl (C=O) groups is 2. The molecule has 1 fully saturated rings. The summed E-state index contributed by atoms with van der Waals surface area (Å²) >= 11 is 0. The van der Waals surface area contributed by atoms with E-state index in [0.717, 1.165) is 24.2 Å². The van der Waals surface area contributed by atoms with Crippen LogP contribution in [0.2, 0.25) is 0 Å². The Balaban J connectivity index is 1.52. The van der Waals surface area contributed by atoms with Crippen LogP contribution in [0.5, 0.6) is 0 Å². The second-order valence-electron chi connectivity index (χ2n) is 7.48. The molecule has 0 unspecified atom stereocenters. The molecule has 2 aromatic carbocycles. The van der Waals surface area contributed by atoms with Crippen molar-refractivity contribution in [2.45, 2.75) is 27.7 Å². The lowest BCUT2D eigenvalue weighted by molar-refractivity contribution is -0.134. The molecule has 0 aromatic heterocycles. The predicted molar refractivity (Wildman–Crippen MR) is 111 cm³/mol. The highest BCUT2D eigenvalue weighted by Crippen LogP contribution is 2.24. The van der Waals surface area contributed by atoms with Crippen molar-refractivity contribution in [3.63, 3.8) is 0 Å². The second-order valence-corrected chi connectivity index (χ2v) is 7.48. The summed E-state index contributed by atoms with van der Waals surface area (Å²) in [7, 11) is 0. The molecule has 148 valence electrons. The van der Waals surface area contributed by atoms with Crippen molar-refractivity contribution in [1.29, 1.82) is 0 Å². The van der Waals surface area contributed by atoms with E-state index in [1.807, 2.05) is 26.0 Å². The standard InChI is InChI=1S/C23H28N2O3/c1-16-8-9-20(18(3)14-16)23(27)28-15-22(26)25-12-10-24(11-13-25)21-7-5-6-17(2)19(21)4/h5-9,14H,10-13,15H2,1-4H3. The zero-order valence-electron chi connectivity index (χ0n) is 17.1. The summed E-state index contributed by atoms with van der Waals surface area (Å²) in [4.78, 5) is 28.8. The SMILES string of the molecule is Cc1ccc(C(=O)OCC(=O)N2CCN(c3cccc(C)c3C)CC2)c(C)c1. The van der Waals surface area contributed by atoms with Crippen molar-refractivity contribution in [2.24, 2.45) is 0 Å². The molecule has 1 amide bonds. The normalized spacial score (nSPS) is 14.1. The number of esters is 1. The third-order valence-corrected chi connectivity index (χ3v) is 5.48. The van der Waals surface area contributed by atoms with E-state index in [-0.39, 0.29) is 12.5 Å². The van der Waals surface area contributed by atoms with Crippen molar-refractivity contribution in [2.75, 3.05) is 37.7 Å². The predicted octanol–water partition coefficient (Wildman–Crippen LogP) is 3.43. The average molecular weight is 380 g/mol. The molecular formula is C23H28N2O3. The van der Waals surface area contributed by atoms with Crippen LogP contribution in [0.3, 0.4) is 0 Å². The van der Waals surface area contributed by atoms with E-state index < -0.39 is 5.97 Å². The molecule has 1 heterocycles. The van der Waals surface area contributed by atoms with Crippen LogP contribution < -0.4 is 4.90 Å². The first-order valence-electron chi connectivity index (χ1n) is 9.70. The minimum absolute atomic E-state index is 0.140. The molecule has 0 radical (unpaired) electrons. The monoisotopic (exact) mass is 380 g/mol. The van der Waals surface area contributed by atoms with Gasteiger partial charge in [0.15, 0.2) is 6.61 Å². The summed E-state index contributed by atoms with van der Waals surface area (Å²) in [6, 6.07) is 11.9. The van der Waals surface area contributed by atoms with E-state index in [1.54, 1.807) is 11.0 Å². The third-order valence-electron chi connectivity index (χ3n) is 5.48. The Bertz CT molecular complexity index is 883. The van der Waals surface area contributed by atoms with Crippen molar-refractivity contribution in [3.8, 4) is 0 Å². The smallest absolute Gasteiger partial charge is 0.338 e. The molecule has 2 aromatic rings. The summed E-state index contributed by atoms with van der Waals surface area (Å²) in [6.45, 7) is 10.7. The molecule has 1 aliphatic heterocycles. The van der Waals surface area contributed by atoms with Crippen molar-refractivity contribution >= 4 is 17.6 Å². The number of hydrogen-bond donors (Lipinski definition) is 0. The molecular weight excluding hydrogens is 352 g/mol. The lowest BCUT2D eigenvalue weighted by Gasteiger charge is -2.37. The number of ether oxygens (including phenoxy) is 1. The molecule has 0 bridgehead atoms. The lowest BCUT2D eigenvalue weighted by Crippen LogP contribution is -2.50. The first kappa shape index (κ1) is 19.9. The first-order valence-corrected chi connectivity index (χ1v) is 9.70. The van der Waals surface area contributed by atoms with Crippen LogP contribution in [0, 0.1) is 27.7 Å². The minimum Gasteiger partial charge on any atom is -0.452 e. The number of piperazine rings is 1. The summed E-state index contributed by atoms with van der Waals surface area (Å²) in [5.74, 6) is -0.585. The van der Waals surface area contributed by atoms with Crippen molar-refractivity contribution < 1.29 is 14.3 Å². The van der Waals surface area contributed by atoms with E-state index in [1.165, 1.54) is 16.8 Å². The summed E-state index contributed by atoms with van der Waals surface area (Å²) < 4.78 is 5.27. The van der Waals surface area contributed by atoms with Crippen molar-refractivity contribution in [3.05, 3.63) is 64.2 Å². The molecule has 1 saturated heterocycles. The Kier molecular flexibility index (Phi) is 6.02. The Morgan fingerprint density at radius 1 is 0.929 bits per heavy atom. The van der Waals surface area contributed by atoms with Gasteiger partial charge in [-0.05, 0) is 56.5 Å². The van der Waals surface area contributed by atoms with E-state index >= 15 is 0 Å². The molecule has 0 atom stereocenters. The van der Waals surface area contributed by atoms with Gasteiger partial charge in [0, 0.05) is 31.9 Å². The molecule has 5 heteroatoms. The van der Waals surface area contributed by atoms with Crippen LogP contribution in [0.15, 0.2) is 36.4 Å². The number of amides is 1. The number of benzene rings is 2. The van der Waals surface area contributed by atoms with Crippen LogP contribution in [0.4, 0.5) is 5.69 Å². The molecule has 0 spiro atoms. The molecule has 28 heavy (non-hydrogen) atoms. The van der Waals surface area contributed by atoms with Crippen LogP contribution in [-0.2, 0) is 9.53 Å². The fraction of sp³-hybridized carbons (Fsp3) is 0.391. The van der Waals surface area contributed by atoms with Gasteiger partial charge in [-0.15, -0.1) is 0 Å². The van der Waals surface area contributed by atoms with Gasteiger partial charge in [-0.2, -0.15) is 0 Å². The van der Waals surface area contributed by atoms with E-state index in [2.05, 4.69) is 36.9 Å². The zero-order valence-corrected chi connectivity index (χ0v) is 17.1. The number of hydrogen-bond acceptors (Lipinski definition) is 4. The van der Waals surface area contributed by atoms with Crippen LogP contribution in [0.25, 0.3) is 0 Å². The molecule has 0 aliphatic carbocycles. The maximum absolute atomic E-state index is 12.5. The van der Waals surface area contributed by atoms with Crippen LogP contribution >= 0.6 is 0 Å². The number of rotatable bonds is 4. The fourth-order valence-corrected chi connectivity index (χ4v) is 3.61. The minimum atomic E-state index is -0.445. The van der Waals surface area contributed by atoms with Gasteiger partial charge in [-0.25, -0.2) is 4.79 Å². The fourth-order valence-electron chi connectivity index (χ4n) is 3.61. The maximum atomic E-state index is 12.5. The van der Waals surface area contributed by atoms with Crippen molar-refractivity contribution in [1.82, 2.24) is 4.90 Å². The highest BCUT2D eigenvalue weighted by molar-refractivity contribution is 5.92. The largest absolute Gasteiger partial charge is 0.452 e. The van der Waals surface area contributed by atoms with Crippen LogP contribution in [0.1, 0.15) is 32.6 Å².